The van der Waals surface area contributed by atoms with Crippen molar-refractivity contribution >= 4 is 29.1 Å². The molecule has 0 aliphatic rings. The fourth-order valence-electron chi connectivity index (χ4n) is 3.12. The topological polar surface area (TPSA) is 83.7 Å². The third-order valence-corrected chi connectivity index (χ3v) is 4.98. The van der Waals surface area contributed by atoms with Crippen molar-refractivity contribution in [2.24, 2.45) is 0 Å². The highest BCUT2D eigenvalue weighted by molar-refractivity contribution is 6.30. The lowest BCUT2D eigenvalue weighted by molar-refractivity contribution is 0.0696. The van der Waals surface area contributed by atoms with E-state index in [-0.39, 0.29) is 11.5 Å². The maximum atomic E-state index is 12.5. The predicted molar refractivity (Wildman–Crippen MR) is 114 cm³/mol. The molecule has 4 rings (SSSR count). The van der Waals surface area contributed by atoms with Crippen LogP contribution in [0.3, 0.4) is 0 Å². The number of carboxylic acids is 1. The molecule has 2 heterocycles. The molecule has 0 saturated carbocycles. The predicted octanol–water partition coefficient (Wildman–Crippen LogP) is 4.21. The number of halogens is 1. The van der Waals surface area contributed by atoms with E-state index in [0.29, 0.717) is 29.2 Å². The number of aromatic carboxylic acids is 1. The first kappa shape index (κ1) is 19.7. The third-order valence-electron chi connectivity index (χ3n) is 4.72. The highest BCUT2D eigenvalue weighted by Gasteiger charge is 2.10. The van der Waals surface area contributed by atoms with Crippen molar-refractivity contribution in [3.8, 4) is 0 Å². The molecule has 0 fully saturated rings. The minimum Gasteiger partial charge on any atom is -0.478 e. The highest BCUT2D eigenvalue weighted by Crippen LogP contribution is 2.15. The summed E-state index contributed by atoms with van der Waals surface area (Å²) in [5.41, 5.74) is 4.23. The first-order valence-electron chi connectivity index (χ1n) is 9.30. The summed E-state index contributed by atoms with van der Waals surface area (Å²) in [4.78, 5) is 28.0. The van der Waals surface area contributed by atoms with Gasteiger partial charge in [-0.25, -0.2) is 9.78 Å². The van der Waals surface area contributed by atoms with E-state index in [2.05, 4.69) is 10.3 Å². The largest absolute Gasteiger partial charge is 0.478 e. The minimum atomic E-state index is -0.978. The number of rotatable bonds is 6. The fourth-order valence-corrected chi connectivity index (χ4v) is 3.25. The van der Waals surface area contributed by atoms with Crippen LogP contribution in [-0.2, 0) is 13.0 Å². The molecule has 2 aromatic heterocycles. The van der Waals surface area contributed by atoms with E-state index in [1.165, 1.54) is 12.1 Å². The van der Waals surface area contributed by atoms with Gasteiger partial charge in [-0.15, -0.1) is 0 Å². The fraction of sp³-hybridized carbons (Fsp3) is 0.0870. The van der Waals surface area contributed by atoms with E-state index >= 15 is 0 Å². The van der Waals surface area contributed by atoms with Crippen LogP contribution < -0.4 is 5.32 Å². The maximum Gasteiger partial charge on any atom is 0.335 e. The summed E-state index contributed by atoms with van der Waals surface area (Å²) in [5, 5.41) is 12.5. The van der Waals surface area contributed by atoms with Gasteiger partial charge in [0.2, 0.25) is 0 Å². The summed E-state index contributed by atoms with van der Waals surface area (Å²) in [6, 6.07) is 17.5. The number of nitrogens with zero attached hydrogens (tertiary/aromatic N) is 2. The van der Waals surface area contributed by atoms with Crippen LogP contribution in [0.25, 0.3) is 5.65 Å². The SMILES string of the molecule is O=C(O)c1ccc(CNC(=O)c2ccn3cc(Cc4ccc(Cl)cc4)nc3c2)cc1. The lowest BCUT2D eigenvalue weighted by Crippen LogP contribution is -2.22. The number of fused-ring (bicyclic) bond motifs is 1. The van der Waals surface area contributed by atoms with Crippen molar-refractivity contribution < 1.29 is 14.7 Å². The first-order valence-corrected chi connectivity index (χ1v) is 9.68. The van der Waals surface area contributed by atoms with Gasteiger partial charge in [-0.3, -0.25) is 4.79 Å². The van der Waals surface area contributed by atoms with E-state index in [4.69, 9.17) is 16.7 Å². The molecule has 150 valence electrons. The second-order valence-corrected chi connectivity index (χ2v) is 7.34. The van der Waals surface area contributed by atoms with Crippen molar-refractivity contribution in [2.75, 3.05) is 0 Å². The van der Waals surface area contributed by atoms with Gasteiger partial charge in [-0.1, -0.05) is 35.9 Å². The standard InChI is InChI=1S/C23H18ClN3O3/c24-19-7-3-15(4-8-19)11-20-14-27-10-9-18(12-21(27)26-20)22(28)25-13-16-1-5-17(6-2-16)23(29)30/h1-10,12,14H,11,13H2,(H,25,28)(H,29,30). The number of amides is 1. The molecule has 0 aliphatic carbocycles. The number of carboxylic acid groups (broad SMARTS) is 1. The van der Waals surface area contributed by atoms with Gasteiger partial charge in [0.15, 0.2) is 0 Å². The Morgan fingerprint density at radius 2 is 1.67 bits per heavy atom. The van der Waals surface area contributed by atoms with Gasteiger partial charge in [0.1, 0.15) is 5.65 Å². The van der Waals surface area contributed by atoms with Crippen LogP contribution in [0.1, 0.15) is 37.5 Å². The molecule has 0 unspecified atom stereocenters. The number of imidazole rings is 1. The van der Waals surface area contributed by atoms with Crippen LogP contribution in [0.4, 0.5) is 0 Å². The van der Waals surface area contributed by atoms with E-state index in [9.17, 15) is 9.59 Å². The van der Waals surface area contributed by atoms with Crippen molar-refractivity contribution in [1.29, 1.82) is 0 Å². The van der Waals surface area contributed by atoms with Crippen LogP contribution in [0.2, 0.25) is 5.02 Å². The average molecular weight is 420 g/mol. The van der Waals surface area contributed by atoms with Crippen molar-refractivity contribution in [2.45, 2.75) is 13.0 Å². The Morgan fingerprint density at radius 3 is 2.37 bits per heavy atom. The number of nitrogens with one attached hydrogen (secondary N) is 1. The summed E-state index contributed by atoms with van der Waals surface area (Å²) in [7, 11) is 0. The normalized spacial score (nSPS) is 10.8. The summed E-state index contributed by atoms with van der Waals surface area (Å²) in [6.45, 7) is 0.306. The summed E-state index contributed by atoms with van der Waals surface area (Å²) in [5.74, 6) is -1.20. The second kappa shape index (κ2) is 8.39. The molecule has 4 aromatic rings. The molecule has 0 atom stereocenters. The number of hydrogen-bond acceptors (Lipinski definition) is 3. The van der Waals surface area contributed by atoms with Crippen LogP contribution in [-0.4, -0.2) is 26.4 Å². The molecule has 2 N–H and O–H groups in total. The molecule has 0 spiro atoms. The number of hydrogen-bond donors (Lipinski definition) is 2. The van der Waals surface area contributed by atoms with Crippen LogP contribution in [0.15, 0.2) is 73.1 Å². The van der Waals surface area contributed by atoms with Gasteiger partial charge in [0.25, 0.3) is 5.91 Å². The zero-order valence-corrected chi connectivity index (χ0v) is 16.6. The summed E-state index contributed by atoms with van der Waals surface area (Å²) in [6.07, 6.45) is 4.42. The molecule has 0 bridgehead atoms. The van der Waals surface area contributed by atoms with E-state index in [1.54, 1.807) is 24.3 Å². The number of carbonyl (C=O) groups excluding carboxylic acids is 1. The lowest BCUT2D eigenvalue weighted by atomic mass is 10.1. The van der Waals surface area contributed by atoms with Crippen LogP contribution in [0.5, 0.6) is 0 Å². The minimum absolute atomic E-state index is 0.212. The Hall–Kier alpha value is -3.64. The smallest absolute Gasteiger partial charge is 0.335 e. The number of pyridine rings is 1. The molecule has 0 radical (unpaired) electrons. The van der Waals surface area contributed by atoms with E-state index in [0.717, 1.165) is 16.8 Å². The third kappa shape index (κ3) is 4.50. The average Bonchev–Trinajstić information content (AvgIpc) is 3.15. The molecule has 1 amide bonds. The Kier molecular flexibility index (Phi) is 5.50. The lowest BCUT2D eigenvalue weighted by Gasteiger charge is -2.06. The maximum absolute atomic E-state index is 12.5. The van der Waals surface area contributed by atoms with Crippen molar-refractivity contribution in [1.82, 2.24) is 14.7 Å². The Labute approximate surface area is 177 Å². The molecular formula is C23H18ClN3O3. The molecule has 0 aliphatic heterocycles. The van der Waals surface area contributed by atoms with Gasteiger partial charge in [-0.2, -0.15) is 0 Å². The quantitative estimate of drug-likeness (QED) is 0.490. The molecule has 6 nitrogen and oxygen atoms in total. The summed E-state index contributed by atoms with van der Waals surface area (Å²) < 4.78 is 1.88. The van der Waals surface area contributed by atoms with E-state index < -0.39 is 5.97 Å². The number of aromatic nitrogens is 2. The first-order chi connectivity index (χ1) is 14.5. The van der Waals surface area contributed by atoms with Gasteiger partial charge >= 0.3 is 5.97 Å². The van der Waals surface area contributed by atoms with Gasteiger partial charge in [0.05, 0.1) is 11.3 Å². The number of benzene rings is 2. The second-order valence-electron chi connectivity index (χ2n) is 6.90. The van der Waals surface area contributed by atoms with E-state index in [1.807, 2.05) is 41.1 Å². The molecular weight excluding hydrogens is 402 g/mol. The Bertz CT molecular complexity index is 1210. The highest BCUT2D eigenvalue weighted by atomic mass is 35.5. The molecule has 0 saturated heterocycles. The van der Waals surface area contributed by atoms with Crippen LogP contribution >= 0.6 is 11.6 Å². The zero-order chi connectivity index (χ0) is 21.1. The Morgan fingerprint density at radius 1 is 0.967 bits per heavy atom. The van der Waals surface area contributed by atoms with Gasteiger partial charge in [-0.05, 0) is 47.5 Å². The van der Waals surface area contributed by atoms with Gasteiger partial charge in [0, 0.05) is 35.9 Å². The molecule has 2 aromatic carbocycles. The monoisotopic (exact) mass is 419 g/mol. The van der Waals surface area contributed by atoms with Crippen LogP contribution in [0, 0.1) is 0 Å². The summed E-state index contributed by atoms with van der Waals surface area (Å²) >= 11 is 5.93. The van der Waals surface area contributed by atoms with Gasteiger partial charge < -0.3 is 14.8 Å². The number of carbonyl (C=O) groups is 2. The Balaban J connectivity index is 1.44. The molecule has 7 heteroatoms. The van der Waals surface area contributed by atoms with Crippen molar-refractivity contribution in [3.63, 3.8) is 0 Å². The molecule has 30 heavy (non-hydrogen) atoms. The zero-order valence-electron chi connectivity index (χ0n) is 15.9. The van der Waals surface area contributed by atoms with Crippen molar-refractivity contribution in [3.05, 3.63) is 106 Å².